The highest BCUT2D eigenvalue weighted by atomic mass is 16.5. The molecule has 176 valence electrons. The summed E-state index contributed by atoms with van der Waals surface area (Å²) in [5.41, 5.74) is 3.51. The van der Waals surface area contributed by atoms with Crippen LogP contribution in [0.2, 0.25) is 0 Å². The Morgan fingerprint density at radius 3 is 2.79 bits per heavy atom. The number of fused-ring (bicyclic) bond motifs is 1. The molecule has 1 saturated carbocycles. The van der Waals surface area contributed by atoms with E-state index in [4.69, 9.17) is 14.5 Å². The zero-order valence-corrected chi connectivity index (χ0v) is 19.5. The number of rotatable bonds is 7. The first-order chi connectivity index (χ1) is 16.2. The summed E-state index contributed by atoms with van der Waals surface area (Å²) in [4.78, 5) is 21.8. The minimum atomic E-state index is 0.486. The first kappa shape index (κ1) is 21.8. The van der Waals surface area contributed by atoms with Crippen molar-refractivity contribution in [2.24, 2.45) is 0 Å². The summed E-state index contributed by atoms with van der Waals surface area (Å²) in [6.45, 7) is 5.84. The second kappa shape index (κ2) is 9.82. The third-order valence-corrected chi connectivity index (χ3v) is 6.61. The third kappa shape index (κ3) is 4.68. The normalized spacial score (nSPS) is 17.3. The second-order valence-electron chi connectivity index (χ2n) is 8.71. The van der Waals surface area contributed by atoms with Crippen molar-refractivity contribution in [2.75, 3.05) is 55.1 Å². The van der Waals surface area contributed by atoms with Crippen LogP contribution in [0.1, 0.15) is 39.0 Å². The van der Waals surface area contributed by atoms with Crippen molar-refractivity contribution >= 4 is 34.3 Å². The van der Waals surface area contributed by atoms with E-state index in [1.54, 1.807) is 6.33 Å². The van der Waals surface area contributed by atoms with E-state index in [0.717, 1.165) is 54.8 Å². The molecule has 9 heteroatoms. The van der Waals surface area contributed by atoms with Gasteiger partial charge >= 0.3 is 0 Å². The van der Waals surface area contributed by atoms with Gasteiger partial charge in [0.1, 0.15) is 11.3 Å². The van der Waals surface area contributed by atoms with Crippen molar-refractivity contribution in [1.82, 2.24) is 19.9 Å². The molecule has 0 radical (unpaired) electrons. The van der Waals surface area contributed by atoms with Gasteiger partial charge in [0.05, 0.1) is 31.8 Å². The van der Waals surface area contributed by atoms with E-state index in [9.17, 15) is 0 Å². The summed E-state index contributed by atoms with van der Waals surface area (Å²) in [5, 5.41) is 3.40. The molecule has 1 aromatic carbocycles. The predicted octanol–water partition coefficient (Wildman–Crippen LogP) is 4.10. The molecule has 0 unspecified atom stereocenters. The van der Waals surface area contributed by atoms with Crippen LogP contribution >= 0.6 is 0 Å². The number of anilines is 4. The van der Waals surface area contributed by atoms with Gasteiger partial charge in [-0.3, -0.25) is 0 Å². The van der Waals surface area contributed by atoms with Crippen molar-refractivity contribution in [2.45, 2.75) is 45.1 Å². The Kier molecular flexibility index (Phi) is 6.48. The summed E-state index contributed by atoms with van der Waals surface area (Å²) in [7, 11) is 2.13. The van der Waals surface area contributed by atoms with Gasteiger partial charge in [-0.2, -0.15) is 9.97 Å². The zero-order valence-electron chi connectivity index (χ0n) is 19.5. The standard InChI is InChI=1S/C24H33N7O2/c1-3-33-20-15-18(31-11-13-32-14-12-31)9-10-19(20)27-24-28-22-21(25-16-26-22)23(29-24)30(2)17-7-5-4-6-8-17/h9-10,15-17H,3-8,11-14H2,1-2H3,(H2,25,26,27,28,29). The Morgan fingerprint density at radius 1 is 1.18 bits per heavy atom. The van der Waals surface area contributed by atoms with Crippen LogP contribution in [0, 0.1) is 0 Å². The van der Waals surface area contributed by atoms with Gasteiger partial charge < -0.3 is 29.6 Å². The fourth-order valence-electron chi connectivity index (χ4n) is 4.80. The van der Waals surface area contributed by atoms with E-state index in [2.05, 4.69) is 49.2 Å². The van der Waals surface area contributed by atoms with Crippen molar-refractivity contribution in [3.05, 3.63) is 24.5 Å². The van der Waals surface area contributed by atoms with Crippen LogP contribution in [0.25, 0.3) is 11.2 Å². The Labute approximate surface area is 194 Å². The molecule has 0 atom stereocenters. The van der Waals surface area contributed by atoms with Gasteiger partial charge in [-0.25, -0.2) is 4.98 Å². The second-order valence-corrected chi connectivity index (χ2v) is 8.71. The summed E-state index contributed by atoms with van der Waals surface area (Å²) in [6, 6.07) is 6.72. The SMILES string of the molecule is CCOc1cc(N2CCOCC2)ccc1Nc1nc(N(C)C2CCCCC2)c2[nH]cnc2n1. The van der Waals surface area contributed by atoms with Gasteiger partial charge in [-0.05, 0) is 31.9 Å². The van der Waals surface area contributed by atoms with Gasteiger partial charge in [-0.1, -0.05) is 19.3 Å². The summed E-state index contributed by atoms with van der Waals surface area (Å²) < 4.78 is 11.5. The summed E-state index contributed by atoms with van der Waals surface area (Å²) in [6.07, 6.45) is 7.92. The zero-order chi connectivity index (χ0) is 22.6. The number of ether oxygens (including phenoxy) is 2. The number of morpholine rings is 1. The predicted molar refractivity (Wildman–Crippen MR) is 131 cm³/mol. The maximum absolute atomic E-state index is 5.98. The molecule has 0 amide bonds. The molecule has 5 rings (SSSR count). The van der Waals surface area contributed by atoms with E-state index in [-0.39, 0.29) is 0 Å². The van der Waals surface area contributed by atoms with Crippen molar-refractivity contribution < 1.29 is 9.47 Å². The average molecular weight is 452 g/mol. The fourth-order valence-corrected chi connectivity index (χ4v) is 4.80. The van der Waals surface area contributed by atoms with Gasteiger partial charge in [0.25, 0.3) is 0 Å². The highest BCUT2D eigenvalue weighted by Crippen LogP contribution is 2.34. The van der Waals surface area contributed by atoms with Gasteiger partial charge in [0, 0.05) is 37.9 Å². The molecule has 2 N–H and O–H groups in total. The monoisotopic (exact) mass is 451 g/mol. The molecule has 0 spiro atoms. The molecule has 2 aliphatic rings. The minimum absolute atomic E-state index is 0.486. The van der Waals surface area contributed by atoms with Crippen LogP contribution in [0.3, 0.4) is 0 Å². The van der Waals surface area contributed by atoms with Crippen LogP contribution in [-0.2, 0) is 4.74 Å². The van der Waals surface area contributed by atoms with Crippen LogP contribution in [0.5, 0.6) is 5.75 Å². The number of aromatic nitrogens is 4. The number of nitrogens with zero attached hydrogens (tertiary/aromatic N) is 5. The Balaban J connectivity index is 1.44. The highest BCUT2D eigenvalue weighted by molar-refractivity contribution is 5.85. The van der Waals surface area contributed by atoms with Crippen molar-refractivity contribution in [1.29, 1.82) is 0 Å². The summed E-state index contributed by atoms with van der Waals surface area (Å²) in [5.74, 6) is 2.19. The first-order valence-electron chi connectivity index (χ1n) is 12.0. The largest absolute Gasteiger partial charge is 0.492 e. The summed E-state index contributed by atoms with van der Waals surface area (Å²) >= 11 is 0. The molecule has 1 saturated heterocycles. The smallest absolute Gasteiger partial charge is 0.231 e. The maximum Gasteiger partial charge on any atom is 0.231 e. The number of aromatic amines is 1. The van der Waals surface area contributed by atoms with Gasteiger partial charge in [0.15, 0.2) is 11.5 Å². The molecular formula is C24H33N7O2. The molecule has 9 nitrogen and oxygen atoms in total. The lowest BCUT2D eigenvalue weighted by Gasteiger charge is -2.32. The average Bonchev–Trinajstić information content (AvgIpc) is 3.34. The fraction of sp³-hybridized carbons (Fsp3) is 0.542. The molecule has 1 aliphatic carbocycles. The number of benzene rings is 1. The highest BCUT2D eigenvalue weighted by Gasteiger charge is 2.23. The van der Waals surface area contributed by atoms with Crippen LogP contribution < -0.4 is 19.9 Å². The number of hydrogen-bond acceptors (Lipinski definition) is 8. The molecule has 2 aromatic heterocycles. The lowest BCUT2D eigenvalue weighted by Crippen LogP contribution is -2.36. The minimum Gasteiger partial charge on any atom is -0.492 e. The van der Waals surface area contributed by atoms with Crippen LogP contribution in [0.15, 0.2) is 24.5 Å². The first-order valence-corrected chi connectivity index (χ1v) is 12.0. The molecular weight excluding hydrogens is 418 g/mol. The molecule has 3 heterocycles. The van der Waals surface area contributed by atoms with Crippen molar-refractivity contribution in [3.63, 3.8) is 0 Å². The van der Waals surface area contributed by atoms with Crippen molar-refractivity contribution in [3.8, 4) is 5.75 Å². The molecule has 2 fully saturated rings. The number of hydrogen-bond donors (Lipinski definition) is 2. The third-order valence-electron chi connectivity index (χ3n) is 6.61. The van der Waals surface area contributed by atoms with Crippen LogP contribution in [-0.4, -0.2) is 65.9 Å². The van der Waals surface area contributed by atoms with E-state index >= 15 is 0 Å². The molecule has 33 heavy (non-hydrogen) atoms. The van der Waals surface area contributed by atoms with Crippen LogP contribution in [0.4, 0.5) is 23.1 Å². The Morgan fingerprint density at radius 2 is 2.00 bits per heavy atom. The van der Waals surface area contributed by atoms with Gasteiger partial charge in [-0.15, -0.1) is 0 Å². The lowest BCUT2D eigenvalue weighted by molar-refractivity contribution is 0.122. The topological polar surface area (TPSA) is 91.4 Å². The Bertz CT molecular complexity index is 1070. The molecule has 1 aliphatic heterocycles. The Hall–Kier alpha value is -3.07. The number of imidazole rings is 1. The maximum atomic E-state index is 5.98. The van der Waals surface area contributed by atoms with E-state index in [1.165, 1.54) is 32.1 Å². The van der Waals surface area contributed by atoms with Gasteiger partial charge in [0.2, 0.25) is 5.95 Å². The lowest BCUT2D eigenvalue weighted by atomic mass is 9.94. The molecule has 0 bridgehead atoms. The van der Waals surface area contributed by atoms with E-state index in [0.29, 0.717) is 24.2 Å². The quantitative estimate of drug-likeness (QED) is 0.555. The number of H-pyrrole nitrogens is 1. The number of nitrogens with one attached hydrogen (secondary N) is 2. The van der Waals surface area contributed by atoms with E-state index in [1.807, 2.05) is 13.0 Å². The molecule has 3 aromatic rings. The van der Waals surface area contributed by atoms with E-state index < -0.39 is 0 Å².